The third-order valence-corrected chi connectivity index (χ3v) is 6.68. The van der Waals surface area contributed by atoms with Crippen molar-refractivity contribution in [1.29, 1.82) is 0 Å². The lowest BCUT2D eigenvalue weighted by Gasteiger charge is -2.29. The van der Waals surface area contributed by atoms with Crippen LogP contribution in [0.3, 0.4) is 0 Å². The van der Waals surface area contributed by atoms with Crippen molar-refractivity contribution in [2.45, 2.75) is 26.8 Å². The molecule has 36 heavy (non-hydrogen) atoms. The third kappa shape index (κ3) is 4.11. The fourth-order valence-corrected chi connectivity index (χ4v) is 4.90. The van der Waals surface area contributed by atoms with Gasteiger partial charge in [0.1, 0.15) is 11.3 Å². The molecule has 5 aromatic rings. The molecule has 1 saturated heterocycles. The van der Waals surface area contributed by atoms with Gasteiger partial charge in [0.2, 0.25) is 5.82 Å². The molecule has 3 aromatic heterocycles. The molecular formula is C27H28N8O. The van der Waals surface area contributed by atoms with E-state index < -0.39 is 0 Å². The van der Waals surface area contributed by atoms with Crippen LogP contribution in [0.25, 0.3) is 33.7 Å². The van der Waals surface area contributed by atoms with Gasteiger partial charge in [-0.15, -0.1) is 10.2 Å². The van der Waals surface area contributed by atoms with Crippen LogP contribution >= 0.6 is 0 Å². The van der Waals surface area contributed by atoms with E-state index in [-0.39, 0.29) is 0 Å². The molecule has 4 heterocycles. The number of hydrogen-bond donors (Lipinski definition) is 1. The second kappa shape index (κ2) is 9.50. The van der Waals surface area contributed by atoms with Crippen molar-refractivity contribution in [2.75, 3.05) is 31.2 Å². The van der Waals surface area contributed by atoms with Crippen LogP contribution < -0.4 is 4.90 Å². The highest BCUT2D eigenvalue weighted by atomic mass is 16.5. The normalized spacial score (nSPS) is 14.0. The summed E-state index contributed by atoms with van der Waals surface area (Å²) >= 11 is 0. The first-order chi connectivity index (χ1) is 17.7. The molecule has 0 radical (unpaired) electrons. The van der Waals surface area contributed by atoms with Crippen LogP contribution in [0.4, 0.5) is 5.69 Å². The van der Waals surface area contributed by atoms with Gasteiger partial charge in [0.05, 0.1) is 25.4 Å². The number of rotatable bonds is 6. The van der Waals surface area contributed by atoms with E-state index in [1.807, 2.05) is 18.2 Å². The second-order valence-electron chi connectivity index (χ2n) is 9.00. The Morgan fingerprint density at radius 3 is 2.47 bits per heavy atom. The van der Waals surface area contributed by atoms with E-state index in [4.69, 9.17) is 14.7 Å². The molecule has 9 nitrogen and oxygen atoms in total. The van der Waals surface area contributed by atoms with Crippen LogP contribution in [0.5, 0.6) is 0 Å². The number of nitrogens with one attached hydrogen (secondary N) is 1. The number of nitrogens with zero attached hydrogens (tertiary/aromatic N) is 7. The Morgan fingerprint density at radius 2 is 1.75 bits per heavy atom. The molecule has 0 spiro atoms. The van der Waals surface area contributed by atoms with E-state index in [0.717, 1.165) is 77.8 Å². The highest BCUT2D eigenvalue weighted by Crippen LogP contribution is 2.31. The number of aromatic nitrogens is 7. The van der Waals surface area contributed by atoms with Crippen molar-refractivity contribution in [3.8, 4) is 22.5 Å². The number of hydrogen-bond acceptors (Lipinski definition) is 7. The summed E-state index contributed by atoms with van der Waals surface area (Å²) in [5.41, 5.74) is 8.40. The van der Waals surface area contributed by atoms with Crippen LogP contribution in [0, 0.1) is 6.92 Å². The maximum atomic E-state index is 5.57. The molecule has 0 atom stereocenters. The number of aromatic amines is 1. The molecule has 0 aliphatic carbocycles. The first-order valence-corrected chi connectivity index (χ1v) is 12.3. The molecule has 1 aliphatic heterocycles. The molecule has 0 bridgehead atoms. The van der Waals surface area contributed by atoms with Crippen molar-refractivity contribution >= 4 is 16.9 Å². The molecule has 1 N–H and O–H groups in total. The molecule has 0 saturated carbocycles. The molecule has 1 fully saturated rings. The van der Waals surface area contributed by atoms with E-state index in [2.05, 4.69) is 80.3 Å². The van der Waals surface area contributed by atoms with Crippen molar-refractivity contribution in [3.63, 3.8) is 0 Å². The summed E-state index contributed by atoms with van der Waals surface area (Å²) in [5.74, 6) is 1.63. The van der Waals surface area contributed by atoms with Gasteiger partial charge in [-0.3, -0.25) is 0 Å². The Kier molecular flexibility index (Phi) is 5.90. The zero-order valence-corrected chi connectivity index (χ0v) is 20.5. The lowest BCUT2D eigenvalue weighted by molar-refractivity contribution is 0.123. The fourth-order valence-electron chi connectivity index (χ4n) is 4.90. The Labute approximate surface area is 209 Å². The number of pyridine rings is 1. The van der Waals surface area contributed by atoms with Gasteiger partial charge in [-0.25, -0.2) is 9.97 Å². The summed E-state index contributed by atoms with van der Waals surface area (Å²) in [6, 6.07) is 18.9. The highest BCUT2D eigenvalue weighted by Gasteiger charge is 2.20. The minimum Gasteiger partial charge on any atom is -0.378 e. The lowest BCUT2D eigenvalue weighted by atomic mass is 9.98. The second-order valence-corrected chi connectivity index (χ2v) is 9.00. The first kappa shape index (κ1) is 22.4. The van der Waals surface area contributed by atoms with Crippen LogP contribution in [0.2, 0.25) is 0 Å². The number of ether oxygens (including phenoxy) is 1. The predicted octanol–water partition coefficient (Wildman–Crippen LogP) is 4.03. The number of morpholine rings is 1. The van der Waals surface area contributed by atoms with Gasteiger partial charge >= 0.3 is 0 Å². The largest absolute Gasteiger partial charge is 0.378 e. The minimum atomic E-state index is 0.588. The molecule has 182 valence electrons. The average molecular weight is 481 g/mol. The van der Waals surface area contributed by atoms with Gasteiger partial charge in [-0.1, -0.05) is 55.5 Å². The third-order valence-electron chi connectivity index (χ3n) is 6.68. The molecule has 2 aromatic carbocycles. The van der Waals surface area contributed by atoms with E-state index in [9.17, 15) is 0 Å². The zero-order valence-electron chi connectivity index (χ0n) is 20.5. The minimum absolute atomic E-state index is 0.588. The number of benzene rings is 2. The van der Waals surface area contributed by atoms with Crippen LogP contribution in [-0.4, -0.2) is 61.5 Å². The van der Waals surface area contributed by atoms with E-state index in [1.165, 1.54) is 5.56 Å². The van der Waals surface area contributed by atoms with Gasteiger partial charge in [0, 0.05) is 30.8 Å². The Balaban J connectivity index is 1.35. The summed E-state index contributed by atoms with van der Waals surface area (Å²) in [7, 11) is 0. The Bertz CT molecular complexity index is 1480. The number of imidazole rings is 1. The monoisotopic (exact) mass is 480 g/mol. The number of anilines is 1. The first-order valence-electron chi connectivity index (χ1n) is 12.3. The molecular weight excluding hydrogens is 452 g/mol. The molecule has 1 aliphatic rings. The standard InChI is InChI=1S/C27H28N8O/c1-3-24-29-25-23(34-12-14-36-15-13-34)16-18(2)28-27(25)35(24)17-19-8-10-20(11-9-19)21-6-4-5-7-22(21)26-30-32-33-31-26/h4-11,16H,3,12-15,17H2,1-2H3,(H,30,31,32,33). The number of fused-ring (bicyclic) bond motifs is 1. The summed E-state index contributed by atoms with van der Waals surface area (Å²) < 4.78 is 7.83. The summed E-state index contributed by atoms with van der Waals surface area (Å²) in [5, 5.41) is 14.6. The van der Waals surface area contributed by atoms with E-state index >= 15 is 0 Å². The molecule has 0 amide bonds. The highest BCUT2D eigenvalue weighted by molar-refractivity contribution is 5.87. The van der Waals surface area contributed by atoms with Crippen molar-refractivity contribution in [3.05, 3.63) is 71.7 Å². The number of H-pyrrole nitrogens is 1. The van der Waals surface area contributed by atoms with Crippen molar-refractivity contribution in [2.24, 2.45) is 0 Å². The van der Waals surface area contributed by atoms with Crippen molar-refractivity contribution in [1.82, 2.24) is 35.2 Å². The Morgan fingerprint density at radius 1 is 0.972 bits per heavy atom. The van der Waals surface area contributed by atoms with Gasteiger partial charge in [-0.05, 0) is 34.9 Å². The lowest BCUT2D eigenvalue weighted by Crippen LogP contribution is -2.36. The fraction of sp³-hybridized carbons (Fsp3) is 0.296. The molecule has 6 rings (SSSR count). The smallest absolute Gasteiger partial charge is 0.205 e. The predicted molar refractivity (Wildman–Crippen MR) is 139 cm³/mol. The maximum absolute atomic E-state index is 5.57. The van der Waals surface area contributed by atoms with Gasteiger partial charge in [-0.2, -0.15) is 5.21 Å². The maximum Gasteiger partial charge on any atom is 0.205 e. The van der Waals surface area contributed by atoms with E-state index in [0.29, 0.717) is 12.4 Å². The number of aryl methyl sites for hydroxylation is 2. The van der Waals surface area contributed by atoms with Crippen LogP contribution in [0.1, 0.15) is 24.0 Å². The van der Waals surface area contributed by atoms with Gasteiger partial charge < -0.3 is 14.2 Å². The van der Waals surface area contributed by atoms with E-state index in [1.54, 1.807) is 0 Å². The van der Waals surface area contributed by atoms with Gasteiger partial charge in [0.25, 0.3) is 0 Å². The summed E-state index contributed by atoms with van der Waals surface area (Å²) in [6.45, 7) is 8.16. The summed E-state index contributed by atoms with van der Waals surface area (Å²) in [6.07, 6.45) is 0.841. The van der Waals surface area contributed by atoms with Crippen molar-refractivity contribution < 1.29 is 4.74 Å². The zero-order chi connectivity index (χ0) is 24.5. The quantitative estimate of drug-likeness (QED) is 0.392. The van der Waals surface area contributed by atoms with Crippen LogP contribution in [0.15, 0.2) is 54.6 Å². The average Bonchev–Trinajstić information content (AvgIpc) is 3.58. The number of tetrazole rings is 1. The van der Waals surface area contributed by atoms with Crippen LogP contribution in [-0.2, 0) is 17.7 Å². The summed E-state index contributed by atoms with van der Waals surface area (Å²) in [4.78, 5) is 12.3. The topological polar surface area (TPSA) is 97.6 Å². The molecule has 0 unspecified atom stereocenters. The molecule has 9 heteroatoms. The SMILES string of the molecule is CCc1nc2c(N3CCOCC3)cc(C)nc2n1Cc1ccc(-c2ccccc2-c2nn[nH]n2)cc1. The van der Waals surface area contributed by atoms with Gasteiger partial charge in [0.15, 0.2) is 5.65 Å². The Hall–Kier alpha value is -4.11.